The lowest BCUT2D eigenvalue weighted by atomic mass is 9.95. The van der Waals surface area contributed by atoms with Gasteiger partial charge in [-0.15, -0.1) is 0 Å². The molecule has 6 heteroatoms. The summed E-state index contributed by atoms with van der Waals surface area (Å²) in [4.78, 5) is 21.0. The maximum absolute atomic E-state index is 12.3. The van der Waals surface area contributed by atoms with Gasteiger partial charge in [0, 0.05) is 34.2 Å². The Balaban J connectivity index is 2.13. The van der Waals surface area contributed by atoms with Gasteiger partial charge in [0.15, 0.2) is 0 Å². The smallest absolute Gasteiger partial charge is 0.338 e. The minimum Gasteiger partial charge on any atom is -0.466 e. The highest BCUT2D eigenvalue weighted by Crippen LogP contribution is 2.35. The summed E-state index contributed by atoms with van der Waals surface area (Å²) in [5.41, 5.74) is 2.77. The fourth-order valence-electron chi connectivity index (χ4n) is 2.63. The summed E-state index contributed by atoms with van der Waals surface area (Å²) in [6.07, 6.45) is 3.39. The molecule has 0 amide bonds. The molecule has 3 rings (SSSR count). The van der Waals surface area contributed by atoms with Crippen molar-refractivity contribution in [2.75, 3.05) is 7.11 Å². The van der Waals surface area contributed by atoms with Gasteiger partial charge in [0.25, 0.3) is 0 Å². The molecule has 1 N–H and O–H groups in total. The molecule has 0 bridgehead atoms. The molecule has 0 fully saturated rings. The van der Waals surface area contributed by atoms with Gasteiger partial charge in [-0.25, -0.2) is 4.79 Å². The molecule has 0 spiro atoms. The lowest BCUT2D eigenvalue weighted by molar-refractivity contribution is -0.136. The molecule has 1 aliphatic heterocycles. The van der Waals surface area contributed by atoms with E-state index in [4.69, 9.17) is 21.3 Å². The van der Waals surface area contributed by atoms with E-state index in [1.54, 1.807) is 18.5 Å². The molecular weight excluding hydrogens is 326 g/mol. The van der Waals surface area contributed by atoms with E-state index in [1.165, 1.54) is 7.11 Å². The SMILES string of the molecule is COC(=O)C1=C(C)NC(c2ccncc2)=NC1c1ccccc1Cl. The summed E-state index contributed by atoms with van der Waals surface area (Å²) in [5, 5.41) is 3.73. The molecule has 2 heterocycles. The van der Waals surface area contributed by atoms with Crippen LogP contribution in [0.3, 0.4) is 0 Å². The van der Waals surface area contributed by atoms with Crippen LogP contribution in [0.5, 0.6) is 0 Å². The predicted molar refractivity (Wildman–Crippen MR) is 92.8 cm³/mol. The number of allylic oxidation sites excluding steroid dienone is 1. The third-order valence-electron chi connectivity index (χ3n) is 3.80. The van der Waals surface area contributed by atoms with E-state index < -0.39 is 12.0 Å². The van der Waals surface area contributed by atoms with E-state index in [0.717, 1.165) is 11.1 Å². The first kappa shape index (κ1) is 16.2. The molecule has 1 aromatic heterocycles. The van der Waals surface area contributed by atoms with Crippen LogP contribution in [0.25, 0.3) is 0 Å². The van der Waals surface area contributed by atoms with Crippen molar-refractivity contribution in [3.63, 3.8) is 0 Å². The Morgan fingerprint density at radius 1 is 1.21 bits per heavy atom. The van der Waals surface area contributed by atoms with E-state index in [9.17, 15) is 4.79 Å². The van der Waals surface area contributed by atoms with Gasteiger partial charge in [0.1, 0.15) is 11.9 Å². The predicted octanol–water partition coefficient (Wildman–Crippen LogP) is 3.27. The monoisotopic (exact) mass is 341 g/mol. The number of rotatable bonds is 3. The Morgan fingerprint density at radius 3 is 2.58 bits per heavy atom. The Kier molecular flexibility index (Phi) is 4.62. The molecule has 1 aromatic carbocycles. The van der Waals surface area contributed by atoms with Gasteiger partial charge < -0.3 is 10.1 Å². The van der Waals surface area contributed by atoms with Gasteiger partial charge in [-0.3, -0.25) is 9.98 Å². The van der Waals surface area contributed by atoms with Crippen LogP contribution in [-0.2, 0) is 9.53 Å². The average Bonchev–Trinajstić information content (AvgIpc) is 2.61. The van der Waals surface area contributed by atoms with Gasteiger partial charge in [0.05, 0.1) is 12.7 Å². The zero-order chi connectivity index (χ0) is 17.1. The number of ether oxygens (including phenoxy) is 1. The maximum Gasteiger partial charge on any atom is 0.338 e. The van der Waals surface area contributed by atoms with Crippen LogP contribution in [0.15, 0.2) is 65.1 Å². The molecule has 1 aliphatic rings. The fraction of sp³-hybridized carbons (Fsp3) is 0.167. The Labute approximate surface area is 145 Å². The quantitative estimate of drug-likeness (QED) is 0.870. The highest BCUT2D eigenvalue weighted by molar-refractivity contribution is 6.31. The zero-order valence-corrected chi connectivity index (χ0v) is 14.0. The van der Waals surface area contributed by atoms with Crippen molar-refractivity contribution in [3.8, 4) is 0 Å². The van der Waals surface area contributed by atoms with Crippen LogP contribution in [-0.4, -0.2) is 23.9 Å². The first-order valence-electron chi connectivity index (χ1n) is 7.40. The molecule has 1 atom stereocenters. The van der Waals surface area contributed by atoms with Crippen molar-refractivity contribution in [1.29, 1.82) is 0 Å². The number of pyridine rings is 1. The van der Waals surface area contributed by atoms with E-state index >= 15 is 0 Å². The van der Waals surface area contributed by atoms with Crippen LogP contribution in [0.4, 0.5) is 0 Å². The van der Waals surface area contributed by atoms with E-state index in [-0.39, 0.29) is 0 Å². The lowest BCUT2D eigenvalue weighted by Gasteiger charge is -2.26. The molecule has 0 radical (unpaired) electrons. The van der Waals surface area contributed by atoms with Crippen LogP contribution >= 0.6 is 11.6 Å². The molecule has 5 nitrogen and oxygen atoms in total. The lowest BCUT2D eigenvalue weighted by Crippen LogP contribution is -2.32. The number of halogens is 1. The van der Waals surface area contributed by atoms with Crippen molar-refractivity contribution >= 4 is 23.4 Å². The summed E-state index contributed by atoms with van der Waals surface area (Å²) in [5.74, 6) is 0.231. The second kappa shape index (κ2) is 6.84. The number of aromatic nitrogens is 1. The number of nitrogens with one attached hydrogen (secondary N) is 1. The van der Waals surface area contributed by atoms with Crippen molar-refractivity contribution in [1.82, 2.24) is 10.3 Å². The van der Waals surface area contributed by atoms with Crippen LogP contribution in [0.1, 0.15) is 24.1 Å². The molecular formula is C18H16ClN3O2. The first-order chi connectivity index (χ1) is 11.6. The van der Waals surface area contributed by atoms with Gasteiger partial charge >= 0.3 is 5.97 Å². The average molecular weight is 342 g/mol. The van der Waals surface area contributed by atoms with Crippen LogP contribution in [0.2, 0.25) is 5.02 Å². The number of hydrogen-bond acceptors (Lipinski definition) is 5. The molecule has 122 valence electrons. The number of benzene rings is 1. The third-order valence-corrected chi connectivity index (χ3v) is 4.14. The number of aliphatic imine (C=N–C) groups is 1. The minimum atomic E-state index is -0.532. The number of nitrogens with zero attached hydrogens (tertiary/aromatic N) is 2. The standard InChI is InChI=1S/C18H16ClN3O2/c1-11-15(18(23)24-2)16(13-5-3-4-6-14(13)19)22-17(21-11)12-7-9-20-10-8-12/h3-10,16H,1-2H3,(H,21,22). The zero-order valence-electron chi connectivity index (χ0n) is 13.3. The number of hydrogen-bond donors (Lipinski definition) is 1. The van der Waals surface area contributed by atoms with Crippen molar-refractivity contribution in [3.05, 3.63) is 76.2 Å². The van der Waals surface area contributed by atoms with Crippen LogP contribution < -0.4 is 5.32 Å². The molecule has 0 saturated heterocycles. The molecule has 1 unspecified atom stereocenters. The second-order valence-corrected chi connectivity index (χ2v) is 5.70. The molecule has 0 aliphatic carbocycles. The minimum absolute atomic E-state index is 0.428. The Hall–Kier alpha value is -2.66. The number of carbonyl (C=O) groups is 1. The normalized spacial score (nSPS) is 17.1. The molecule has 0 saturated carbocycles. The van der Waals surface area contributed by atoms with Gasteiger partial charge in [-0.05, 0) is 25.1 Å². The number of amidine groups is 1. The molecule has 24 heavy (non-hydrogen) atoms. The fourth-order valence-corrected chi connectivity index (χ4v) is 2.87. The highest BCUT2D eigenvalue weighted by Gasteiger charge is 2.31. The number of carbonyl (C=O) groups excluding carboxylic acids is 1. The van der Waals surface area contributed by atoms with Crippen molar-refractivity contribution in [2.45, 2.75) is 13.0 Å². The summed E-state index contributed by atoms with van der Waals surface area (Å²) in [6, 6.07) is 10.5. The first-order valence-corrected chi connectivity index (χ1v) is 7.78. The Bertz CT molecular complexity index is 831. The van der Waals surface area contributed by atoms with Gasteiger partial charge in [0.2, 0.25) is 0 Å². The van der Waals surface area contributed by atoms with Crippen molar-refractivity contribution < 1.29 is 9.53 Å². The summed E-state index contributed by atoms with van der Waals surface area (Å²) in [6.45, 7) is 1.83. The number of esters is 1. The number of methoxy groups -OCH3 is 1. The van der Waals surface area contributed by atoms with Crippen molar-refractivity contribution in [2.24, 2.45) is 4.99 Å². The topological polar surface area (TPSA) is 63.6 Å². The highest BCUT2D eigenvalue weighted by atomic mass is 35.5. The van der Waals surface area contributed by atoms with Crippen LogP contribution in [0, 0.1) is 0 Å². The largest absolute Gasteiger partial charge is 0.466 e. The van der Waals surface area contributed by atoms with E-state index in [0.29, 0.717) is 22.1 Å². The molecule has 2 aromatic rings. The third kappa shape index (κ3) is 3.03. The van der Waals surface area contributed by atoms with E-state index in [2.05, 4.69) is 10.3 Å². The van der Waals surface area contributed by atoms with Gasteiger partial charge in [-0.2, -0.15) is 0 Å². The summed E-state index contributed by atoms with van der Waals surface area (Å²) >= 11 is 6.34. The maximum atomic E-state index is 12.3. The summed E-state index contributed by atoms with van der Waals surface area (Å²) in [7, 11) is 1.36. The second-order valence-electron chi connectivity index (χ2n) is 5.29. The van der Waals surface area contributed by atoms with Gasteiger partial charge in [-0.1, -0.05) is 29.8 Å². The Morgan fingerprint density at radius 2 is 1.92 bits per heavy atom. The summed E-state index contributed by atoms with van der Waals surface area (Å²) < 4.78 is 4.93. The van der Waals surface area contributed by atoms with E-state index in [1.807, 2.05) is 37.3 Å².